The lowest BCUT2D eigenvalue weighted by Gasteiger charge is -2.21. The van der Waals surface area contributed by atoms with Crippen LogP contribution in [0.1, 0.15) is 25.3 Å². The van der Waals surface area contributed by atoms with E-state index in [-0.39, 0.29) is 5.91 Å². The molecule has 2 nitrogen and oxygen atoms in total. The van der Waals surface area contributed by atoms with Gasteiger partial charge in [-0.05, 0) is 31.0 Å². The Labute approximate surface area is 94.8 Å². The van der Waals surface area contributed by atoms with E-state index in [4.69, 9.17) is 11.6 Å². The third kappa shape index (κ3) is 2.32. The second-order valence-electron chi connectivity index (χ2n) is 4.04. The molecule has 0 unspecified atom stereocenters. The molecule has 1 amide bonds. The van der Waals surface area contributed by atoms with Crippen molar-refractivity contribution in [2.75, 3.05) is 0 Å². The van der Waals surface area contributed by atoms with E-state index in [0.717, 1.165) is 17.0 Å². The van der Waals surface area contributed by atoms with Gasteiger partial charge < -0.3 is 4.90 Å². The number of amides is 1. The summed E-state index contributed by atoms with van der Waals surface area (Å²) in [5.41, 5.74) is 1.14. The van der Waals surface area contributed by atoms with E-state index < -0.39 is 0 Å². The topological polar surface area (TPSA) is 20.3 Å². The summed E-state index contributed by atoms with van der Waals surface area (Å²) in [6, 6.07) is 8.04. The van der Waals surface area contributed by atoms with Crippen LogP contribution in [0.3, 0.4) is 0 Å². The van der Waals surface area contributed by atoms with Crippen molar-refractivity contribution in [3.8, 4) is 0 Å². The largest absolute Gasteiger partial charge is 0.336 e. The molecule has 1 heterocycles. The van der Waals surface area contributed by atoms with E-state index in [0.29, 0.717) is 19.0 Å². The third-order valence-corrected chi connectivity index (χ3v) is 3.15. The Hall–Kier alpha value is -1.02. The highest BCUT2D eigenvalue weighted by atomic mass is 35.5. The summed E-state index contributed by atoms with van der Waals surface area (Å²) in [7, 11) is 0. The van der Waals surface area contributed by atoms with Crippen molar-refractivity contribution in [2.24, 2.45) is 0 Å². The monoisotopic (exact) mass is 223 g/mol. The summed E-state index contributed by atoms with van der Waals surface area (Å²) in [6.07, 6.45) is 1.67. The Kier molecular flexibility index (Phi) is 2.96. The highest BCUT2D eigenvalue weighted by molar-refractivity contribution is 6.30. The highest BCUT2D eigenvalue weighted by Crippen LogP contribution is 2.21. The maximum atomic E-state index is 11.6. The van der Waals surface area contributed by atoms with Crippen LogP contribution >= 0.6 is 11.6 Å². The van der Waals surface area contributed by atoms with Crippen LogP contribution in [-0.2, 0) is 11.3 Å². The number of rotatable bonds is 2. The average molecular weight is 224 g/mol. The highest BCUT2D eigenvalue weighted by Gasteiger charge is 2.26. The predicted molar refractivity (Wildman–Crippen MR) is 60.7 cm³/mol. The van der Waals surface area contributed by atoms with Gasteiger partial charge >= 0.3 is 0 Å². The Morgan fingerprint density at radius 3 is 2.60 bits per heavy atom. The maximum Gasteiger partial charge on any atom is 0.223 e. The van der Waals surface area contributed by atoms with Crippen LogP contribution in [0.5, 0.6) is 0 Å². The summed E-state index contributed by atoms with van der Waals surface area (Å²) < 4.78 is 0. The van der Waals surface area contributed by atoms with Gasteiger partial charge in [0.15, 0.2) is 0 Å². The summed E-state index contributed by atoms with van der Waals surface area (Å²) in [4.78, 5) is 13.5. The Morgan fingerprint density at radius 1 is 1.40 bits per heavy atom. The zero-order valence-electron chi connectivity index (χ0n) is 8.74. The number of benzene rings is 1. The van der Waals surface area contributed by atoms with Crippen LogP contribution in [-0.4, -0.2) is 16.8 Å². The fraction of sp³-hybridized carbons (Fsp3) is 0.417. The van der Waals surface area contributed by atoms with Crippen LogP contribution < -0.4 is 0 Å². The molecule has 0 aromatic heterocycles. The molecular formula is C12H14ClNO. The first-order chi connectivity index (χ1) is 7.16. The molecule has 0 saturated carbocycles. The second-order valence-corrected chi connectivity index (χ2v) is 4.47. The lowest BCUT2D eigenvalue weighted by atomic mass is 10.2. The summed E-state index contributed by atoms with van der Waals surface area (Å²) in [6.45, 7) is 2.80. The van der Waals surface area contributed by atoms with Gasteiger partial charge in [0.25, 0.3) is 0 Å². The molecule has 1 aromatic carbocycles. The molecule has 1 aliphatic heterocycles. The maximum absolute atomic E-state index is 11.6. The normalized spacial score (nSPS) is 21.1. The first-order valence-corrected chi connectivity index (χ1v) is 5.58. The van der Waals surface area contributed by atoms with Gasteiger partial charge in [-0.25, -0.2) is 0 Å². The SMILES string of the molecule is C[C@H]1CCC(=O)N1Cc1ccc(Cl)cc1. The molecule has 0 spiro atoms. The third-order valence-electron chi connectivity index (χ3n) is 2.89. The smallest absolute Gasteiger partial charge is 0.223 e. The van der Waals surface area contributed by atoms with Gasteiger partial charge in [0.1, 0.15) is 0 Å². The molecule has 15 heavy (non-hydrogen) atoms. The molecule has 0 radical (unpaired) electrons. The molecule has 2 rings (SSSR count). The van der Waals surface area contributed by atoms with Crippen molar-refractivity contribution in [1.29, 1.82) is 0 Å². The lowest BCUT2D eigenvalue weighted by Crippen LogP contribution is -2.30. The number of likely N-dealkylation sites (tertiary alicyclic amines) is 1. The molecule has 1 atom stereocenters. The quantitative estimate of drug-likeness (QED) is 0.755. The average Bonchev–Trinajstić information content (AvgIpc) is 2.53. The van der Waals surface area contributed by atoms with Crippen LogP contribution in [0.2, 0.25) is 5.02 Å². The van der Waals surface area contributed by atoms with Crippen LogP contribution in [0.25, 0.3) is 0 Å². The van der Waals surface area contributed by atoms with E-state index in [2.05, 4.69) is 6.92 Å². The fourth-order valence-electron chi connectivity index (χ4n) is 1.91. The zero-order chi connectivity index (χ0) is 10.8. The van der Waals surface area contributed by atoms with Crippen LogP contribution in [0, 0.1) is 0 Å². The van der Waals surface area contributed by atoms with E-state index in [9.17, 15) is 4.79 Å². The van der Waals surface area contributed by atoms with Crippen molar-refractivity contribution in [3.05, 3.63) is 34.9 Å². The number of nitrogens with zero attached hydrogens (tertiary/aromatic N) is 1. The Morgan fingerprint density at radius 2 is 2.07 bits per heavy atom. The van der Waals surface area contributed by atoms with Gasteiger partial charge in [0.2, 0.25) is 5.91 Å². The van der Waals surface area contributed by atoms with E-state index >= 15 is 0 Å². The minimum Gasteiger partial charge on any atom is -0.336 e. The first kappa shape index (κ1) is 10.5. The van der Waals surface area contributed by atoms with Crippen molar-refractivity contribution >= 4 is 17.5 Å². The number of hydrogen-bond acceptors (Lipinski definition) is 1. The molecule has 1 aliphatic rings. The van der Waals surface area contributed by atoms with Crippen LogP contribution in [0.4, 0.5) is 0 Å². The van der Waals surface area contributed by atoms with Crippen LogP contribution in [0.15, 0.2) is 24.3 Å². The molecule has 0 N–H and O–H groups in total. The molecule has 1 saturated heterocycles. The lowest BCUT2D eigenvalue weighted by molar-refractivity contribution is -0.129. The second kappa shape index (κ2) is 4.23. The molecular weight excluding hydrogens is 210 g/mol. The number of halogens is 1. The Bertz CT molecular complexity index is 360. The molecule has 1 fully saturated rings. The summed E-state index contributed by atoms with van der Waals surface area (Å²) in [5.74, 6) is 0.262. The van der Waals surface area contributed by atoms with Gasteiger partial charge in [-0.15, -0.1) is 0 Å². The predicted octanol–water partition coefficient (Wildman–Crippen LogP) is 2.85. The standard InChI is InChI=1S/C12H14ClNO/c1-9-2-7-12(15)14(9)8-10-3-5-11(13)6-4-10/h3-6,9H,2,7-8H2,1H3/t9-/m0/s1. The number of carbonyl (C=O) groups excluding carboxylic acids is 1. The first-order valence-electron chi connectivity index (χ1n) is 5.21. The van der Waals surface area contributed by atoms with Crippen molar-refractivity contribution in [1.82, 2.24) is 4.90 Å². The van der Waals surface area contributed by atoms with E-state index in [1.807, 2.05) is 29.2 Å². The molecule has 3 heteroatoms. The van der Waals surface area contributed by atoms with Gasteiger partial charge in [-0.1, -0.05) is 23.7 Å². The van der Waals surface area contributed by atoms with Crippen molar-refractivity contribution in [2.45, 2.75) is 32.4 Å². The minimum absolute atomic E-state index is 0.262. The van der Waals surface area contributed by atoms with Gasteiger partial charge in [0.05, 0.1) is 0 Å². The number of carbonyl (C=O) groups is 1. The van der Waals surface area contributed by atoms with Gasteiger partial charge in [0, 0.05) is 24.0 Å². The summed E-state index contributed by atoms with van der Waals surface area (Å²) >= 11 is 5.81. The van der Waals surface area contributed by atoms with Crippen molar-refractivity contribution in [3.63, 3.8) is 0 Å². The van der Waals surface area contributed by atoms with Crippen molar-refractivity contribution < 1.29 is 4.79 Å². The van der Waals surface area contributed by atoms with E-state index in [1.54, 1.807) is 0 Å². The molecule has 0 bridgehead atoms. The summed E-state index contributed by atoms with van der Waals surface area (Å²) in [5, 5.41) is 0.736. The van der Waals surface area contributed by atoms with E-state index in [1.165, 1.54) is 0 Å². The zero-order valence-corrected chi connectivity index (χ0v) is 9.50. The molecule has 0 aliphatic carbocycles. The fourth-order valence-corrected chi connectivity index (χ4v) is 2.03. The minimum atomic E-state index is 0.262. The van der Waals surface area contributed by atoms with Gasteiger partial charge in [-0.2, -0.15) is 0 Å². The molecule has 1 aromatic rings. The number of hydrogen-bond donors (Lipinski definition) is 0. The Balaban J connectivity index is 2.08. The molecule has 80 valence electrons. The van der Waals surface area contributed by atoms with Gasteiger partial charge in [-0.3, -0.25) is 4.79 Å².